The Kier molecular flexibility index (Phi) is 6.88. The van der Waals surface area contributed by atoms with Crippen molar-refractivity contribution >= 4 is 23.5 Å². The van der Waals surface area contributed by atoms with Gasteiger partial charge in [-0.3, -0.25) is 14.3 Å². The molecule has 11 nitrogen and oxygen atoms in total. The van der Waals surface area contributed by atoms with Crippen LogP contribution in [0.15, 0.2) is 65.6 Å². The van der Waals surface area contributed by atoms with Crippen LogP contribution >= 0.6 is 0 Å². The predicted octanol–water partition coefficient (Wildman–Crippen LogP) is 3.63. The molecule has 3 heterocycles. The van der Waals surface area contributed by atoms with Gasteiger partial charge in [0.2, 0.25) is 0 Å². The molecule has 1 atom stereocenters. The topological polar surface area (TPSA) is 148 Å². The molecule has 1 saturated heterocycles. The lowest BCUT2D eigenvalue weighted by Gasteiger charge is -2.30. The highest BCUT2D eigenvalue weighted by atomic mass is 16.4. The van der Waals surface area contributed by atoms with Gasteiger partial charge < -0.3 is 21.1 Å². The highest BCUT2D eigenvalue weighted by Gasteiger charge is 2.26. The summed E-state index contributed by atoms with van der Waals surface area (Å²) in [6.45, 7) is 2.61. The third-order valence-electron chi connectivity index (χ3n) is 7.13. The third-order valence-corrected chi connectivity index (χ3v) is 7.13. The first kappa shape index (κ1) is 25.7. The van der Waals surface area contributed by atoms with E-state index in [0.29, 0.717) is 47.1 Å². The van der Waals surface area contributed by atoms with Gasteiger partial charge in [-0.25, -0.2) is 19.4 Å². The number of hydrogen-bond donors (Lipinski definition) is 3. The predicted molar refractivity (Wildman–Crippen MR) is 147 cm³/mol. The second-order valence-corrected chi connectivity index (χ2v) is 9.56. The fraction of sp³-hybridized carbons (Fsp3) is 0.250. The smallest absolute Gasteiger partial charge is 0.407 e. The minimum Gasteiger partial charge on any atom is -0.465 e. The molecular formula is C28H29N7O4. The van der Waals surface area contributed by atoms with E-state index in [4.69, 9.17) is 10.7 Å². The molecule has 1 fully saturated rings. The number of nitrogens with one attached hydrogen (secondary N) is 1. The number of hydrogen-bond acceptors (Lipinski definition) is 6. The molecule has 1 unspecified atom stereocenters. The van der Waals surface area contributed by atoms with E-state index >= 15 is 0 Å². The summed E-state index contributed by atoms with van der Waals surface area (Å²) < 4.78 is 3.12. The Morgan fingerprint density at radius 2 is 1.82 bits per heavy atom. The van der Waals surface area contributed by atoms with Crippen LogP contribution in [-0.4, -0.2) is 54.4 Å². The van der Waals surface area contributed by atoms with Crippen LogP contribution in [0.1, 0.15) is 40.5 Å². The number of piperidine rings is 1. The number of anilines is 2. The minimum atomic E-state index is -0.939. The lowest BCUT2D eigenvalue weighted by atomic mass is 9.95. The van der Waals surface area contributed by atoms with Crippen LogP contribution in [-0.2, 0) is 7.05 Å². The first-order valence-corrected chi connectivity index (χ1v) is 12.6. The van der Waals surface area contributed by atoms with E-state index in [-0.39, 0.29) is 17.3 Å². The van der Waals surface area contributed by atoms with Crippen molar-refractivity contribution < 1.29 is 14.7 Å². The van der Waals surface area contributed by atoms with Crippen molar-refractivity contribution in [3.05, 3.63) is 88.1 Å². The fourth-order valence-electron chi connectivity index (χ4n) is 4.95. The maximum atomic E-state index is 13.2. The van der Waals surface area contributed by atoms with E-state index in [1.807, 2.05) is 18.2 Å². The van der Waals surface area contributed by atoms with Gasteiger partial charge in [-0.05, 0) is 44.0 Å². The van der Waals surface area contributed by atoms with Crippen molar-refractivity contribution in [2.24, 2.45) is 7.05 Å². The summed E-state index contributed by atoms with van der Waals surface area (Å²) in [5.41, 5.74) is 9.39. The molecule has 2 aromatic heterocycles. The monoisotopic (exact) mass is 527 g/mol. The molecule has 0 radical (unpaired) electrons. The Labute approximate surface area is 224 Å². The fourth-order valence-corrected chi connectivity index (χ4v) is 4.95. The summed E-state index contributed by atoms with van der Waals surface area (Å²) in [7, 11) is 1.74. The zero-order valence-corrected chi connectivity index (χ0v) is 21.7. The molecule has 1 aliphatic rings. The first-order chi connectivity index (χ1) is 18.7. The van der Waals surface area contributed by atoms with Crippen LogP contribution in [0, 0.1) is 6.92 Å². The van der Waals surface area contributed by atoms with Gasteiger partial charge in [-0.1, -0.05) is 30.3 Å². The SMILES string of the molecule is Cc1c(C(=O)Nc2ccc(-c3nc(C4CCCN(C(=O)O)C4)cnc3N)cc2)c(=O)n(-c2ccccc2)n1C. The van der Waals surface area contributed by atoms with E-state index in [9.17, 15) is 19.5 Å². The number of benzene rings is 2. The van der Waals surface area contributed by atoms with Gasteiger partial charge in [-0.15, -0.1) is 0 Å². The first-order valence-electron chi connectivity index (χ1n) is 12.6. The number of nitrogens with two attached hydrogens (primary N) is 1. The third kappa shape index (κ3) is 4.98. The molecule has 4 N–H and O–H groups in total. The highest BCUT2D eigenvalue weighted by Crippen LogP contribution is 2.30. The molecule has 1 aliphatic heterocycles. The average Bonchev–Trinajstić information content (AvgIpc) is 3.17. The zero-order chi connectivity index (χ0) is 27.7. The van der Waals surface area contributed by atoms with Crippen LogP contribution in [0.2, 0.25) is 0 Å². The number of nitrogen functional groups attached to an aromatic ring is 1. The Balaban J connectivity index is 1.36. The molecule has 0 spiro atoms. The van der Waals surface area contributed by atoms with Crippen LogP contribution in [0.4, 0.5) is 16.3 Å². The Hall–Kier alpha value is -4.93. The number of likely N-dealkylation sites (tertiary alicyclic amines) is 1. The number of para-hydroxylation sites is 1. The van der Waals surface area contributed by atoms with Gasteiger partial charge in [0.25, 0.3) is 11.5 Å². The number of nitrogens with zero attached hydrogens (tertiary/aromatic N) is 5. The number of carboxylic acid groups (broad SMARTS) is 1. The van der Waals surface area contributed by atoms with E-state index in [2.05, 4.69) is 10.3 Å². The summed E-state index contributed by atoms with van der Waals surface area (Å²) in [6.07, 6.45) is 2.24. The van der Waals surface area contributed by atoms with Gasteiger partial charge in [-0.2, -0.15) is 0 Å². The molecule has 0 aliphatic carbocycles. The summed E-state index contributed by atoms with van der Waals surface area (Å²) in [5.74, 6) is -0.311. The summed E-state index contributed by atoms with van der Waals surface area (Å²) in [6, 6.07) is 16.1. The molecule has 39 heavy (non-hydrogen) atoms. The summed E-state index contributed by atoms with van der Waals surface area (Å²) in [5, 5.41) is 12.2. The number of rotatable bonds is 5. The van der Waals surface area contributed by atoms with Crippen molar-refractivity contribution in [1.29, 1.82) is 0 Å². The number of carbonyl (C=O) groups is 2. The molecular weight excluding hydrogens is 498 g/mol. The maximum Gasteiger partial charge on any atom is 0.407 e. The van der Waals surface area contributed by atoms with Gasteiger partial charge in [0.1, 0.15) is 17.1 Å². The van der Waals surface area contributed by atoms with E-state index in [0.717, 1.165) is 12.8 Å². The molecule has 5 rings (SSSR count). The minimum absolute atomic E-state index is 0.0608. The van der Waals surface area contributed by atoms with Crippen molar-refractivity contribution in [3.8, 4) is 16.9 Å². The number of aromatic nitrogens is 4. The molecule has 0 saturated carbocycles. The van der Waals surface area contributed by atoms with Crippen LogP contribution in [0.3, 0.4) is 0 Å². The average molecular weight is 528 g/mol. The highest BCUT2D eigenvalue weighted by molar-refractivity contribution is 6.05. The van der Waals surface area contributed by atoms with E-state index in [1.54, 1.807) is 61.2 Å². The van der Waals surface area contributed by atoms with Gasteiger partial charge in [0.05, 0.1) is 23.3 Å². The Bertz CT molecular complexity index is 1590. The van der Waals surface area contributed by atoms with E-state index in [1.165, 1.54) is 9.58 Å². The molecule has 0 bridgehead atoms. The second-order valence-electron chi connectivity index (χ2n) is 9.56. The second kappa shape index (κ2) is 10.4. The molecule has 2 aromatic carbocycles. The van der Waals surface area contributed by atoms with Crippen molar-refractivity contribution in [2.45, 2.75) is 25.7 Å². The van der Waals surface area contributed by atoms with Crippen LogP contribution < -0.4 is 16.6 Å². The van der Waals surface area contributed by atoms with Crippen molar-refractivity contribution in [1.82, 2.24) is 24.2 Å². The lowest BCUT2D eigenvalue weighted by Crippen LogP contribution is -2.38. The van der Waals surface area contributed by atoms with Gasteiger partial charge in [0, 0.05) is 37.3 Å². The quantitative estimate of drug-likeness (QED) is 0.359. The molecule has 11 heteroatoms. The summed E-state index contributed by atoms with van der Waals surface area (Å²) >= 11 is 0. The molecule has 200 valence electrons. The standard InChI is InChI=1S/C28H29N7O4/c1-17-23(27(37)35(33(17)2)21-8-4-3-5-9-21)26(36)31-20-12-10-18(11-13-20)24-25(29)30-15-22(32-24)19-7-6-14-34(16-19)28(38)39/h3-5,8-13,15,19H,6-7,14,16H2,1-2H3,(H2,29,30)(H,31,36)(H,38,39). The van der Waals surface area contributed by atoms with E-state index < -0.39 is 17.6 Å². The van der Waals surface area contributed by atoms with Crippen molar-refractivity contribution in [2.75, 3.05) is 24.1 Å². The summed E-state index contributed by atoms with van der Waals surface area (Å²) in [4.78, 5) is 48.1. The number of amides is 2. The van der Waals surface area contributed by atoms with Crippen LogP contribution in [0.5, 0.6) is 0 Å². The number of carbonyl (C=O) groups excluding carboxylic acids is 1. The normalized spacial score (nSPS) is 15.2. The Morgan fingerprint density at radius 1 is 1.10 bits per heavy atom. The van der Waals surface area contributed by atoms with Gasteiger partial charge in [0.15, 0.2) is 0 Å². The molecule has 2 amide bonds. The lowest BCUT2D eigenvalue weighted by molar-refractivity contribution is 0.102. The van der Waals surface area contributed by atoms with Gasteiger partial charge >= 0.3 is 6.09 Å². The largest absolute Gasteiger partial charge is 0.465 e. The molecule has 4 aromatic rings. The zero-order valence-electron chi connectivity index (χ0n) is 21.7. The Morgan fingerprint density at radius 3 is 2.51 bits per heavy atom. The van der Waals surface area contributed by atoms with Crippen molar-refractivity contribution in [3.63, 3.8) is 0 Å². The maximum absolute atomic E-state index is 13.2. The van der Waals surface area contributed by atoms with Crippen LogP contribution in [0.25, 0.3) is 16.9 Å².